The molecule has 3 rings (SSSR count). The van der Waals surface area contributed by atoms with Gasteiger partial charge in [-0.25, -0.2) is 0 Å². The second-order valence-electron chi connectivity index (χ2n) is 7.29. The molecule has 0 saturated carbocycles. The third-order valence-electron chi connectivity index (χ3n) is 5.63. The van der Waals surface area contributed by atoms with Crippen molar-refractivity contribution in [2.75, 3.05) is 34.4 Å². The van der Waals surface area contributed by atoms with Crippen LogP contribution in [-0.4, -0.2) is 61.4 Å². The number of aliphatic hydroxyl groups is 1. The molecule has 2 aromatic rings. The molecule has 0 aromatic heterocycles. The number of halogens is 1. The Morgan fingerprint density at radius 3 is 2.50 bits per heavy atom. The van der Waals surface area contributed by atoms with Crippen LogP contribution in [0.4, 0.5) is 0 Å². The minimum absolute atomic E-state index is 0.0600. The number of carbonyl (C=O) groups is 1. The summed E-state index contributed by atoms with van der Waals surface area (Å²) in [6.07, 6.45) is 3.77. The summed E-state index contributed by atoms with van der Waals surface area (Å²) in [5.74, 6) is -0.0782. The lowest BCUT2D eigenvalue weighted by Gasteiger charge is -2.26. The van der Waals surface area contributed by atoms with Gasteiger partial charge in [0.15, 0.2) is 5.78 Å². The van der Waals surface area contributed by atoms with Crippen molar-refractivity contribution < 1.29 is 24.5 Å². The highest BCUT2D eigenvalue weighted by Gasteiger charge is 2.37. The monoisotopic (exact) mass is 431 g/mol. The lowest BCUT2D eigenvalue weighted by atomic mass is 9.87. The van der Waals surface area contributed by atoms with E-state index in [4.69, 9.17) is 21.1 Å². The van der Waals surface area contributed by atoms with Gasteiger partial charge >= 0.3 is 0 Å². The maximum Gasteiger partial charge on any atom is 0.193 e. The average Bonchev–Trinajstić information content (AvgIpc) is 3.12. The lowest BCUT2D eigenvalue weighted by Crippen LogP contribution is -2.32. The van der Waals surface area contributed by atoms with E-state index in [0.29, 0.717) is 16.3 Å². The van der Waals surface area contributed by atoms with Crippen molar-refractivity contribution >= 4 is 23.5 Å². The number of hydrogen-bond donors (Lipinski definition) is 2. The van der Waals surface area contributed by atoms with Crippen molar-refractivity contribution in [2.24, 2.45) is 0 Å². The summed E-state index contributed by atoms with van der Waals surface area (Å²) >= 11 is 5.90. The summed E-state index contributed by atoms with van der Waals surface area (Å²) in [5, 5.41) is 21.6. The van der Waals surface area contributed by atoms with Crippen LogP contribution in [0.2, 0.25) is 5.02 Å². The molecule has 160 valence electrons. The third kappa shape index (κ3) is 4.31. The number of likely N-dealkylation sites (tertiary alicyclic amines) is 1. The molecule has 1 fully saturated rings. The maximum absolute atomic E-state index is 13.0. The molecular formula is C23H26ClNO5. The standard InChI is InChI=1S/C23H26ClNO5/c1-25-11-10-16(17(25)13-26)21-19(29-2)12-20(30-3)22(23(21)28)18(27)9-6-14-4-7-15(24)8-5-14/h4-9,12,16-17,26,28H,10-11,13H2,1-3H3. The van der Waals surface area contributed by atoms with Crippen LogP contribution in [0.5, 0.6) is 17.2 Å². The number of allylic oxidation sites excluding steroid dienone is 1. The van der Waals surface area contributed by atoms with Crippen LogP contribution >= 0.6 is 11.6 Å². The van der Waals surface area contributed by atoms with E-state index in [-0.39, 0.29) is 35.6 Å². The number of nitrogens with zero attached hydrogens (tertiary/aromatic N) is 1. The van der Waals surface area contributed by atoms with Gasteiger partial charge in [-0.3, -0.25) is 4.79 Å². The second-order valence-corrected chi connectivity index (χ2v) is 7.73. The molecule has 2 N–H and O–H groups in total. The fourth-order valence-corrected chi connectivity index (χ4v) is 4.13. The molecule has 7 heteroatoms. The predicted molar refractivity (Wildman–Crippen MR) is 117 cm³/mol. The number of hydrogen-bond acceptors (Lipinski definition) is 6. The summed E-state index contributed by atoms with van der Waals surface area (Å²) < 4.78 is 10.9. The highest BCUT2D eigenvalue weighted by atomic mass is 35.5. The minimum atomic E-state index is -0.393. The maximum atomic E-state index is 13.0. The molecule has 2 atom stereocenters. The molecule has 2 unspecified atom stereocenters. The molecule has 6 nitrogen and oxygen atoms in total. The molecule has 1 saturated heterocycles. The van der Waals surface area contributed by atoms with Crippen LogP contribution < -0.4 is 9.47 Å². The molecule has 0 radical (unpaired) electrons. The van der Waals surface area contributed by atoms with Gasteiger partial charge in [-0.1, -0.05) is 29.8 Å². The summed E-state index contributed by atoms with van der Waals surface area (Å²) in [4.78, 5) is 15.1. The number of phenols is 1. The zero-order chi connectivity index (χ0) is 21.8. The van der Waals surface area contributed by atoms with Gasteiger partial charge in [0.05, 0.1) is 20.8 Å². The Hall–Kier alpha value is -2.54. The molecule has 0 aliphatic carbocycles. The Morgan fingerprint density at radius 2 is 1.90 bits per heavy atom. The van der Waals surface area contributed by atoms with Crippen molar-refractivity contribution in [3.63, 3.8) is 0 Å². The summed E-state index contributed by atoms with van der Waals surface area (Å²) in [6, 6.07) is 8.50. The number of methoxy groups -OCH3 is 2. The number of aliphatic hydroxyl groups excluding tert-OH is 1. The summed E-state index contributed by atoms with van der Waals surface area (Å²) in [7, 11) is 4.87. The van der Waals surface area contributed by atoms with Gasteiger partial charge in [-0.15, -0.1) is 0 Å². The first kappa shape index (κ1) is 22.2. The number of ketones is 1. The Kier molecular flexibility index (Phi) is 7.02. The van der Waals surface area contributed by atoms with E-state index >= 15 is 0 Å². The van der Waals surface area contributed by atoms with Crippen molar-refractivity contribution in [3.05, 3.63) is 58.1 Å². The SMILES string of the molecule is COc1cc(OC)c(C2CCN(C)C2CO)c(O)c1C(=O)C=Cc1ccc(Cl)cc1. The first-order valence-electron chi connectivity index (χ1n) is 9.68. The highest BCUT2D eigenvalue weighted by Crippen LogP contribution is 2.47. The van der Waals surface area contributed by atoms with Crippen LogP contribution in [0.25, 0.3) is 6.08 Å². The van der Waals surface area contributed by atoms with Crippen LogP contribution in [0, 0.1) is 0 Å². The molecule has 1 heterocycles. The van der Waals surface area contributed by atoms with Gasteiger partial charge in [0.2, 0.25) is 0 Å². The Morgan fingerprint density at radius 1 is 1.23 bits per heavy atom. The summed E-state index contributed by atoms with van der Waals surface area (Å²) in [5.41, 5.74) is 1.40. The fraction of sp³-hybridized carbons (Fsp3) is 0.348. The zero-order valence-electron chi connectivity index (χ0n) is 17.3. The van der Waals surface area contributed by atoms with Crippen LogP contribution in [0.3, 0.4) is 0 Å². The smallest absolute Gasteiger partial charge is 0.193 e. The van der Waals surface area contributed by atoms with E-state index < -0.39 is 5.78 Å². The number of ether oxygens (including phenoxy) is 2. The summed E-state index contributed by atoms with van der Waals surface area (Å²) in [6.45, 7) is 0.708. The van der Waals surface area contributed by atoms with E-state index in [2.05, 4.69) is 0 Å². The number of likely N-dealkylation sites (N-methyl/N-ethyl adjacent to an activating group) is 1. The van der Waals surface area contributed by atoms with Gasteiger partial charge in [-0.05, 0) is 43.8 Å². The van der Waals surface area contributed by atoms with E-state index in [1.165, 1.54) is 20.3 Å². The van der Waals surface area contributed by atoms with Crippen molar-refractivity contribution in [1.29, 1.82) is 0 Å². The first-order valence-corrected chi connectivity index (χ1v) is 10.1. The van der Waals surface area contributed by atoms with Crippen LogP contribution in [0.1, 0.15) is 33.8 Å². The second kappa shape index (κ2) is 9.51. The van der Waals surface area contributed by atoms with Crippen molar-refractivity contribution in [3.8, 4) is 17.2 Å². The number of benzene rings is 2. The van der Waals surface area contributed by atoms with Gasteiger partial charge in [0.1, 0.15) is 22.8 Å². The minimum Gasteiger partial charge on any atom is -0.507 e. The number of phenolic OH excluding ortho intramolecular Hbond substituents is 1. The number of carbonyl (C=O) groups excluding carboxylic acids is 1. The van der Waals surface area contributed by atoms with E-state index in [1.807, 2.05) is 11.9 Å². The Balaban J connectivity index is 2.05. The topological polar surface area (TPSA) is 79.2 Å². The van der Waals surface area contributed by atoms with Crippen LogP contribution in [0.15, 0.2) is 36.4 Å². The average molecular weight is 432 g/mol. The normalized spacial score (nSPS) is 19.4. The fourth-order valence-electron chi connectivity index (χ4n) is 4.00. The van der Waals surface area contributed by atoms with Crippen molar-refractivity contribution in [1.82, 2.24) is 4.90 Å². The quantitative estimate of drug-likeness (QED) is 0.513. The van der Waals surface area contributed by atoms with E-state index in [1.54, 1.807) is 36.4 Å². The van der Waals surface area contributed by atoms with E-state index in [0.717, 1.165) is 18.5 Å². The van der Waals surface area contributed by atoms with Gasteiger partial charge in [-0.2, -0.15) is 0 Å². The number of rotatable bonds is 7. The van der Waals surface area contributed by atoms with Gasteiger partial charge in [0, 0.05) is 28.6 Å². The predicted octanol–water partition coefficient (Wildman–Crippen LogP) is 3.74. The molecule has 30 heavy (non-hydrogen) atoms. The van der Waals surface area contributed by atoms with E-state index in [9.17, 15) is 15.0 Å². The zero-order valence-corrected chi connectivity index (χ0v) is 18.0. The van der Waals surface area contributed by atoms with Crippen molar-refractivity contribution in [2.45, 2.75) is 18.4 Å². The molecule has 2 aromatic carbocycles. The number of aromatic hydroxyl groups is 1. The molecular weight excluding hydrogens is 406 g/mol. The lowest BCUT2D eigenvalue weighted by molar-refractivity contribution is 0.104. The van der Waals surface area contributed by atoms with Crippen LogP contribution in [-0.2, 0) is 0 Å². The molecule has 1 aliphatic rings. The molecule has 0 spiro atoms. The first-order chi connectivity index (χ1) is 14.4. The highest BCUT2D eigenvalue weighted by molar-refractivity contribution is 6.30. The van der Waals surface area contributed by atoms with Gasteiger partial charge < -0.3 is 24.6 Å². The van der Waals surface area contributed by atoms with Gasteiger partial charge in [0.25, 0.3) is 0 Å². The molecule has 0 amide bonds. The molecule has 0 bridgehead atoms. The molecule has 1 aliphatic heterocycles. The third-order valence-corrected chi connectivity index (χ3v) is 5.88. The Bertz CT molecular complexity index is 942. The Labute approximate surface area is 181 Å². The largest absolute Gasteiger partial charge is 0.507 e.